The molecule has 0 fully saturated rings. The number of nitrogen functional groups attached to an aromatic ring is 1. The van der Waals surface area contributed by atoms with Crippen molar-refractivity contribution in [3.05, 3.63) is 22.5 Å². The molecule has 0 saturated heterocycles. The van der Waals surface area contributed by atoms with Gasteiger partial charge in [0.05, 0.1) is 5.75 Å². The number of sulfone groups is 1. The second kappa shape index (κ2) is 5.11. The van der Waals surface area contributed by atoms with E-state index in [-0.39, 0.29) is 29.4 Å². The molecule has 2 N–H and O–H groups in total. The van der Waals surface area contributed by atoms with Crippen molar-refractivity contribution in [2.75, 3.05) is 17.2 Å². The van der Waals surface area contributed by atoms with Crippen LogP contribution in [0.3, 0.4) is 0 Å². The Kier molecular flexibility index (Phi) is 4.05. The van der Waals surface area contributed by atoms with E-state index in [0.29, 0.717) is 6.42 Å². The van der Waals surface area contributed by atoms with Crippen LogP contribution in [0.4, 0.5) is 5.82 Å². The van der Waals surface area contributed by atoms with Gasteiger partial charge in [0, 0.05) is 18.4 Å². The van der Waals surface area contributed by atoms with E-state index in [4.69, 9.17) is 5.73 Å². The number of hydrogen-bond acceptors (Lipinski definition) is 5. The molecule has 16 heavy (non-hydrogen) atoms. The third-order valence-electron chi connectivity index (χ3n) is 2.15. The Morgan fingerprint density at radius 3 is 2.75 bits per heavy atom. The van der Waals surface area contributed by atoms with E-state index in [0.717, 1.165) is 0 Å². The molecule has 1 aromatic heterocycles. The number of nitrogens with two attached hydrogens (primary N) is 1. The summed E-state index contributed by atoms with van der Waals surface area (Å²) in [5, 5.41) is 3.81. The van der Waals surface area contributed by atoms with Gasteiger partial charge in [-0.1, -0.05) is 6.92 Å². The minimum Gasteiger partial charge on any atom is -0.382 e. The SMILES string of the molecule is CCS(=O)(=O)CCCn1nc(N)ccc1=O. The summed E-state index contributed by atoms with van der Waals surface area (Å²) in [7, 11) is -2.99. The number of nitrogens with zero attached hydrogens (tertiary/aromatic N) is 2. The first-order chi connectivity index (χ1) is 7.44. The van der Waals surface area contributed by atoms with Gasteiger partial charge >= 0.3 is 0 Å². The van der Waals surface area contributed by atoms with Crippen molar-refractivity contribution in [3.63, 3.8) is 0 Å². The quantitative estimate of drug-likeness (QED) is 0.765. The van der Waals surface area contributed by atoms with Gasteiger partial charge in [0.15, 0.2) is 0 Å². The summed E-state index contributed by atoms with van der Waals surface area (Å²) in [6.07, 6.45) is 0.368. The number of hydrogen-bond donors (Lipinski definition) is 1. The largest absolute Gasteiger partial charge is 0.382 e. The van der Waals surface area contributed by atoms with Crippen molar-refractivity contribution in [2.45, 2.75) is 19.9 Å². The second-order valence-corrected chi connectivity index (χ2v) is 5.88. The van der Waals surface area contributed by atoms with Crippen molar-refractivity contribution in [1.29, 1.82) is 0 Å². The summed E-state index contributed by atoms with van der Waals surface area (Å²) >= 11 is 0. The Hall–Kier alpha value is -1.37. The van der Waals surface area contributed by atoms with E-state index < -0.39 is 9.84 Å². The molecule has 0 unspecified atom stereocenters. The summed E-state index contributed by atoms with van der Waals surface area (Å²) in [5.74, 6) is 0.427. The highest BCUT2D eigenvalue weighted by atomic mass is 32.2. The molecule has 1 aromatic rings. The van der Waals surface area contributed by atoms with Crippen LogP contribution in [0.15, 0.2) is 16.9 Å². The smallest absolute Gasteiger partial charge is 0.266 e. The van der Waals surface area contributed by atoms with Crippen LogP contribution in [-0.4, -0.2) is 29.7 Å². The Morgan fingerprint density at radius 2 is 2.12 bits per heavy atom. The average Bonchev–Trinajstić information content (AvgIpc) is 2.23. The number of anilines is 1. The molecule has 0 saturated carbocycles. The first-order valence-electron chi connectivity index (χ1n) is 4.98. The Bertz CT molecular complexity index is 507. The molecular weight excluding hydrogens is 230 g/mol. The highest BCUT2D eigenvalue weighted by Crippen LogP contribution is 1.96. The Balaban J connectivity index is 2.62. The highest BCUT2D eigenvalue weighted by Gasteiger charge is 2.07. The van der Waals surface area contributed by atoms with Crippen molar-refractivity contribution in [3.8, 4) is 0 Å². The molecule has 0 aliphatic rings. The lowest BCUT2D eigenvalue weighted by molar-refractivity contribution is 0.557. The zero-order chi connectivity index (χ0) is 12.2. The summed E-state index contributed by atoms with van der Waals surface area (Å²) in [4.78, 5) is 11.3. The topological polar surface area (TPSA) is 95.1 Å². The van der Waals surface area contributed by atoms with Gasteiger partial charge < -0.3 is 5.73 Å². The number of aromatic nitrogens is 2. The Morgan fingerprint density at radius 1 is 1.44 bits per heavy atom. The molecule has 90 valence electrons. The van der Waals surface area contributed by atoms with Gasteiger partial charge in [0.25, 0.3) is 5.56 Å². The van der Waals surface area contributed by atoms with Gasteiger partial charge in [-0.25, -0.2) is 13.1 Å². The molecular formula is C9H15N3O3S. The van der Waals surface area contributed by atoms with Crippen LogP contribution < -0.4 is 11.3 Å². The molecule has 0 aromatic carbocycles. The van der Waals surface area contributed by atoms with E-state index in [9.17, 15) is 13.2 Å². The number of rotatable bonds is 5. The molecule has 6 nitrogen and oxygen atoms in total. The van der Waals surface area contributed by atoms with Crippen molar-refractivity contribution in [2.24, 2.45) is 0 Å². The van der Waals surface area contributed by atoms with Gasteiger partial charge in [-0.05, 0) is 12.5 Å². The molecule has 0 bridgehead atoms. The highest BCUT2D eigenvalue weighted by molar-refractivity contribution is 7.91. The van der Waals surface area contributed by atoms with E-state index in [1.54, 1.807) is 6.92 Å². The predicted molar refractivity (Wildman–Crippen MR) is 61.9 cm³/mol. The van der Waals surface area contributed by atoms with E-state index in [1.807, 2.05) is 0 Å². The van der Waals surface area contributed by atoms with Crippen LogP contribution in [0.5, 0.6) is 0 Å². The first-order valence-corrected chi connectivity index (χ1v) is 6.81. The van der Waals surface area contributed by atoms with Crippen LogP contribution >= 0.6 is 0 Å². The summed E-state index contributed by atoms with van der Waals surface area (Å²) in [6.45, 7) is 1.86. The molecule has 0 atom stereocenters. The average molecular weight is 245 g/mol. The third-order valence-corrected chi connectivity index (χ3v) is 3.94. The molecule has 0 aliphatic heterocycles. The molecule has 0 amide bonds. The minimum absolute atomic E-state index is 0.0619. The van der Waals surface area contributed by atoms with Crippen molar-refractivity contribution < 1.29 is 8.42 Å². The second-order valence-electron chi connectivity index (χ2n) is 3.41. The predicted octanol–water partition coefficient (Wildman–Crippen LogP) is -0.350. The van der Waals surface area contributed by atoms with Crippen LogP contribution in [0.25, 0.3) is 0 Å². The maximum Gasteiger partial charge on any atom is 0.266 e. The third kappa shape index (κ3) is 3.65. The van der Waals surface area contributed by atoms with Crippen LogP contribution in [0.1, 0.15) is 13.3 Å². The molecule has 1 heterocycles. The Labute approximate surface area is 94.0 Å². The van der Waals surface area contributed by atoms with Gasteiger partial charge in [0.2, 0.25) is 0 Å². The summed E-state index contributed by atoms with van der Waals surface area (Å²) < 4.78 is 23.6. The fraction of sp³-hybridized carbons (Fsp3) is 0.556. The lowest BCUT2D eigenvalue weighted by Gasteiger charge is -2.04. The van der Waals surface area contributed by atoms with E-state index in [2.05, 4.69) is 5.10 Å². The lowest BCUT2D eigenvalue weighted by atomic mass is 10.4. The fourth-order valence-corrected chi connectivity index (χ4v) is 2.06. The van der Waals surface area contributed by atoms with Gasteiger partial charge in [-0.15, -0.1) is 0 Å². The number of aryl methyl sites for hydroxylation is 1. The zero-order valence-electron chi connectivity index (χ0n) is 9.09. The zero-order valence-corrected chi connectivity index (χ0v) is 9.90. The van der Waals surface area contributed by atoms with Crippen LogP contribution in [0.2, 0.25) is 0 Å². The van der Waals surface area contributed by atoms with Crippen molar-refractivity contribution >= 4 is 15.7 Å². The van der Waals surface area contributed by atoms with Crippen LogP contribution in [-0.2, 0) is 16.4 Å². The maximum atomic E-state index is 11.3. The van der Waals surface area contributed by atoms with Gasteiger partial charge in [-0.2, -0.15) is 5.10 Å². The molecule has 0 radical (unpaired) electrons. The fourth-order valence-electron chi connectivity index (χ4n) is 1.20. The first kappa shape index (κ1) is 12.7. The lowest BCUT2D eigenvalue weighted by Crippen LogP contribution is -2.24. The molecule has 1 rings (SSSR count). The molecule has 7 heteroatoms. The maximum absolute atomic E-state index is 11.3. The molecule has 0 aliphatic carbocycles. The monoisotopic (exact) mass is 245 g/mol. The van der Waals surface area contributed by atoms with Gasteiger partial charge in [-0.3, -0.25) is 4.79 Å². The van der Waals surface area contributed by atoms with Gasteiger partial charge in [0.1, 0.15) is 15.7 Å². The van der Waals surface area contributed by atoms with Crippen LogP contribution in [0, 0.1) is 0 Å². The summed E-state index contributed by atoms with van der Waals surface area (Å²) in [6, 6.07) is 2.73. The standard InChI is InChI=1S/C9H15N3O3S/c1-2-16(14,15)7-3-6-12-9(13)5-4-8(10)11-12/h4-5H,2-3,6-7H2,1H3,(H2,10,11). The normalized spacial score (nSPS) is 11.6. The van der Waals surface area contributed by atoms with E-state index in [1.165, 1.54) is 16.8 Å². The molecule has 0 spiro atoms. The summed E-state index contributed by atoms with van der Waals surface area (Å²) in [5.41, 5.74) is 5.15. The minimum atomic E-state index is -2.99. The van der Waals surface area contributed by atoms with E-state index >= 15 is 0 Å². The van der Waals surface area contributed by atoms with Crippen molar-refractivity contribution in [1.82, 2.24) is 9.78 Å².